The molecule has 0 unspecified atom stereocenters. The van der Waals surface area contributed by atoms with Crippen molar-refractivity contribution in [3.05, 3.63) is 79.1 Å². The maximum Gasteiger partial charge on any atom is 0.218 e. The van der Waals surface area contributed by atoms with E-state index < -0.39 is 0 Å². The Labute approximate surface area is 312 Å². The van der Waals surface area contributed by atoms with Gasteiger partial charge in [0.1, 0.15) is 37.9 Å². The standard InChI is InChI=1S/C40H51N3O10/c1-43(2)34-28-39-42-40(29-34)53-27-23-49-19-15-45-13-17-47-21-25-51-38-30-35(32-6-4-3-5-7-32)37(31-36(38)33-8-10-41-11-9-33)50-24-20-46-16-12-44-14-18-48-22-26-52-39/h3-11,28-31H,12-27H2,1-2H3. The average molecular weight is 734 g/mol. The van der Waals surface area contributed by atoms with Gasteiger partial charge in [0, 0.05) is 55.4 Å². The smallest absolute Gasteiger partial charge is 0.218 e. The monoisotopic (exact) mass is 733 g/mol. The molecule has 0 saturated heterocycles. The Kier molecular flexibility index (Phi) is 17.4. The minimum Gasteiger partial charge on any atom is -0.491 e. The second-order valence-corrected chi connectivity index (χ2v) is 11.9. The van der Waals surface area contributed by atoms with Crippen molar-refractivity contribution >= 4 is 5.69 Å². The molecule has 2 aromatic carbocycles. The molecule has 0 N–H and O–H groups in total. The number of hydrogen-bond acceptors (Lipinski definition) is 13. The van der Waals surface area contributed by atoms with Crippen molar-refractivity contribution in [3.8, 4) is 45.5 Å². The highest BCUT2D eigenvalue weighted by Crippen LogP contribution is 2.41. The Balaban J connectivity index is 1.18. The molecule has 0 radical (unpaired) electrons. The number of nitrogens with zero attached hydrogens (tertiary/aromatic N) is 3. The Morgan fingerprint density at radius 1 is 0.434 bits per heavy atom. The molecular formula is C40H51N3O10. The van der Waals surface area contributed by atoms with Crippen molar-refractivity contribution in [2.45, 2.75) is 0 Å². The van der Waals surface area contributed by atoms with E-state index in [1.165, 1.54) is 0 Å². The van der Waals surface area contributed by atoms with E-state index in [1.807, 2.05) is 73.6 Å². The van der Waals surface area contributed by atoms with Crippen molar-refractivity contribution in [2.24, 2.45) is 0 Å². The van der Waals surface area contributed by atoms with Crippen LogP contribution in [-0.4, -0.2) is 130 Å². The van der Waals surface area contributed by atoms with E-state index >= 15 is 0 Å². The summed E-state index contributed by atoms with van der Waals surface area (Å²) >= 11 is 0. The largest absolute Gasteiger partial charge is 0.491 e. The summed E-state index contributed by atoms with van der Waals surface area (Å²) in [6.45, 7) is 6.50. The maximum absolute atomic E-state index is 6.33. The quantitative estimate of drug-likeness (QED) is 0.257. The fourth-order valence-corrected chi connectivity index (χ4v) is 5.19. The van der Waals surface area contributed by atoms with Gasteiger partial charge in [0.15, 0.2) is 0 Å². The molecule has 0 aliphatic carbocycles. The lowest BCUT2D eigenvalue weighted by Crippen LogP contribution is -2.15. The van der Waals surface area contributed by atoms with E-state index in [0.29, 0.717) is 117 Å². The van der Waals surface area contributed by atoms with E-state index in [2.05, 4.69) is 22.1 Å². The summed E-state index contributed by atoms with van der Waals surface area (Å²) in [5.74, 6) is 2.36. The SMILES string of the molecule is CN(C)c1cc2nc(c1)OCCOCCOCCOCCOc1cc(-c3ccccc3)c(cc1-c1ccncc1)OCCOCCOCCOCCO2. The van der Waals surface area contributed by atoms with Gasteiger partial charge in [-0.15, -0.1) is 0 Å². The van der Waals surface area contributed by atoms with Gasteiger partial charge in [0.25, 0.3) is 0 Å². The third-order valence-corrected chi connectivity index (χ3v) is 7.85. The maximum atomic E-state index is 6.33. The van der Waals surface area contributed by atoms with Gasteiger partial charge in [-0.05, 0) is 35.4 Å². The second-order valence-electron chi connectivity index (χ2n) is 11.9. The lowest BCUT2D eigenvalue weighted by molar-refractivity contribution is 0.00440. The molecule has 13 heteroatoms. The van der Waals surface area contributed by atoms with Crippen LogP contribution in [0.25, 0.3) is 22.3 Å². The van der Waals surface area contributed by atoms with Gasteiger partial charge in [-0.3, -0.25) is 4.98 Å². The molecule has 0 fully saturated rings. The molecule has 0 spiro atoms. The first-order valence-corrected chi connectivity index (χ1v) is 18.0. The number of ether oxygens (including phenoxy) is 10. The summed E-state index contributed by atoms with van der Waals surface area (Å²) in [7, 11) is 3.90. The second kappa shape index (κ2) is 23.2. The van der Waals surface area contributed by atoms with Crippen molar-refractivity contribution in [1.82, 2.24) is 9.97 Å². The molecule has 4 bridgehead atoms. The molecule has 6 rings (SSSR count). The molecule has 286 valence electrons. The van der Waals surface area contributed by atoms with Gasteiger partial charge in [0.2, 0.25) is 11.8 Å². The number of rotatable bonds is 3. The van der Waals surface area contributed by atoms with Crippen LogP contribution in [0.3, 0.4) is 0 Å². The van der Waals surface area contributed by atoms with Crippen LogP contribution >= 0.6 is 0 Å². The fourth-order valence-electron chi connectivity index (χ4n) is 5.19. The van der Waals surface area contributed by atoms with Crippen LogP contribution < -0.4 is 23.8 Å². The Bertz CT molecular complexity index is 1490. The molecule has 0 amide bonds. The van der Waals surface area contributed by atoms with E-state index in [1.54, 1.807) is 12.4 Å². The summed E-state index contributed by atoms with van der Waals surface area (Å²) < 4.78 is 58.6. The third kappa shape index (κ3) is 14.1. The van der Waals surface area contributed by atoms with Gasteiger partial charge < -0.3 is 52.3 Å². The fraction of sp³-hybridized carbons (Fsp3) is 0.450. The predicted octanol–water partition coefficient (Wildman–Crippen LogP) is 5.21. The Morgan fingerprint density at radius 3 is 1.23 bits per heavy atom. The van der Waals surface area contributed by atoms with Gasteiger partial charge in [-0.2, -0.15) is 4.98 Å². The van der Waals surface area contributed by atoms with Crippen LogP contribution in [0.1, 0.15) is 0 Å². The first kappa shape index (κ1) is 39.7. The lowest BCUT2D eigenvalue weighted by atomic mass is 9.98. The van der Waals surface area contributed by atoms with E-state index in [4.69, 9.17) is 47.4 Å². The van der Waals surface area contributed by atoms with Crippen LogP contribution in [0.5, 0.6) is 23.3 Å². The van der Waals surface area contributed by atoms with E-state index in [0.717, 1.165) is 39.4 Å². The number of hydrogen-bond donors (Lipinski definition) is 0. The molecule has 53 heavy (non-hydrogen) atoms. The number of fused-ring (bicyclic) bond motifs is 26. The van der Waals surface area contributed by atoms with E-state index in [-0.39, 0.29) is 0 Å². The third-order valence-electron chi connectivity index (χ3n) is 7.85. The molecule has 0 atom stereocenters. The van der Waals surface area contributed by atoms with Crippen molar-refractivity contribution in [1.29, 1.82) is 0 Å². The Morgan fingerprint density at radius 2 is 0.811 bits per heavy atom. The van der Waals surface area contributed by atoms with Gasteiger partial charge >= 0.3 is 0 Å². The number of aromatic nitrogens is 2. The molecule has 2 aliphatic rings. The van der Waals surface area contributed by atoms with Crippen LogP contribution in [0, 0.1) is 0 Å². The Hall–Kier alpha value is -4.50. The highest BCUT2D eigenvalue weighted by molar-refractivity contribution is 5.81. The minimum atomic E-state index is 0.339. The summed E-state index contributed by atoms with van der Waals surface area (Å²) in [4.78, 5) is 10.6. The number of pyridine rings is 2. The van der Waals surface area contributed by atoms with Gasteiger partial charge in [-0.1, -0.05) is 30.3 Å². The highest BCUT2D eigenvalue weighted by atomic mass is 16.6. The van der Waals surface area contributed by atoms with Crippen molar-refractivity contribution < 1.29 is 47.4 Å². The van der Waals surface area contributed by atoms with Crippen molar-refractivity contribution in [2.75, 3.05) is 125 Å². The molecule has 4 heterocycles. The minimum absolute atomic E-state index is 0.339. The molecule has 2 aliphatic heterocycles. The molecule has 4 aromatic rings. The van der Waals surface area contributed by atoms with Crippen LogP contribution in [-0.2, 0) is 28.4 Å². The number of anilines is 1. The predicted molar refractivity (Wildman–Crippen MR) is 201 cm³/mol. The molecular weight excluding hydrogens is 682 g/mol. The molecule has 13 nitrogen and oxygen atoms in total. The first-order valence-electron chi connectivity index (χ1n) is 18.0. The zero-order chi connectivity index (χ0) is 36.8. The highest BCUT2D eigenvalue weighted by Gasteiger charge is 2.16. The zero-order valence-electron chi connectivity index (χ0n) is 30.7. The normalized spacial score (nSPS) is 16.9. The van der Waals surface area contributed by atoms with E-state index in [9.17, 15) is 0 Å². The summed E-state index contributed by atoms with van der Waals surface area (Å²) in [5, 5.41) is 0. The first-order chi connectivity index (χ1) is 26.2. The molecule has 0 saturated carbocycles. The topological polar surface area (TPSA) is 121 Å². The summed E-state index contributed by atoms with van der Waals surface area (Å²) in [6.07, 6.45) is 3.52. The van der Waals surface area contributed by atoms with Crippen molar-refractivity contribution in [3.63, 3.8) is 0 Å². The van der Waals surface area contributed by atoms with Gasteiger partial charge in [0.05, 0.1) is 79.3 Å². The van der Waals surface area contributed by atoms with Crippen LogP contribution in [0.2, 0.25) is 0 Å². The lowest BCUT2D eigenvalue weighted by Gasteiger charge is -2.18. The van der Waals surface area contributed by atoms with Crippen LogP contribution in [0.15, 0.2) is 79.1 Å². The summed E-state index contributed by atoms with van der Waals surface area (Å²) in [5.41, 5.74) is 4.69. The number of benzene rings is 2. The van der Waals surface area contributed by atoms with Gasteiger partial charge in [-0.25, -0.2) is 0 Å². The van der Waals surface area contributed by atoms with Crippen LogP contribution in [0.4, 0.5) is 5.69 Å². The average Bonchev–Trinajstić information content (AvgIpc) is 3.18. The zero-order valence-corrected chi connectivity index (χ0v) is 30.7. The summed E-state index contributed by atoms with van der Waals surface area (Å²) in [6, 6.07) is 21.8. The molecule has 2 aromatic heterocycles.